The van der Waals surface area contributed by atoms with Crippen molar-refractivity contribution in [1.29, 1.82) is 0 Å². The number of hydrogen-bond donors (Lipinski definition) is 1. The van der Waals surface area contributed by atoms with Gasteiger partial charge in [-0.1, -0.05) is 30.3 Å². The van der Waals surface area contributed by atoms with Gasteiger partial charge < -0.3 is 10.5 Å². The van der Waals surface area contributed by atoms with Gasteiger partial charge in [-0.25, -0.2) is 4.98 Å². The van der Waals surface area contributed by atoms with Crippen LogP contribution < -0.4 is 5.73 Å². The molecule has 0 radical (unpaired) electrons. The molecule has 0 spiro atoms. The van der Waals surface area contributed by atoms with E-state index in [1.807, 2.05) is 30.3 Å². The lowest BCUT2D eigenvalue weighted by Crippen LogP contribution is -1.95. The van der Waals surface area contributed by atoms with Crippen molar-refractivity contribution in [3.8, 4) is 11.3 Å². The summed E-state index contributed by atoms with van der Waals surface area (Å²) in [5.41, 5.74) is 7.83. The third kappa shape index (κ3) is 2.29. The molecule has 2 N–H and O–H groups in total. The highest BCUT2D eigenvalue weighted by molar-refractivity contribution is 7.12. The highest BCUT2D eigenvalue weighted by Crippen LogP contribution is 2.28. The van der Waals surface area contributed by atoms with E-state index < -0.39 is 0 Å². The van der Waals surface area contributed by atoms with Crippen LogP contribution in [0.4, 0.5) is 0 Å². The van der Waals surface area contributed by atoms with Crippen LogP contribution in [0.3, 0.4) is 0 Å². The van der Waals surface area contributed by atoms with Crippen molar-refractivity contribution < 1.29 is 4.74 Å². The number of benzene rings is 1. The highest BCUT2D eigenvalue weighted by Gasteiger charge is 2.11. The van der Waals surface area contributed by atoms with Crippen molar-refractivity contribution in [2.45, 2.75) is 13.2 Å². The fourth-order valence-electron chi connectivity index (χ4n) is 1.55. The second kappa shape index (κ2) is 5.21. The third-order valence-corrected chi connectivity index (χ3v) is 3.29. The van der Waals surface area contributed by atoms with E-state index in [1.54, 1.807) is 18.4 Å². The van der Waals surface area contributed by atoms with Gasteiger partial charge in [-0.15, -0.1) is 11.3 Å². The molecule has 2 rings (SSSR count). The summed E-state index contributed by atoms with van der Waals surface area (Å²) in [6, 6.07) is 10.1. The molecule has 0 saturated carbocycles. The Kier molecular flexibility index (Phi) is 3.66. The van der Waals surface area contributed by atoms with Crippen molar-refractivity contribution in [3.63, 3.8) is 0 Å². The lowest BCUT2D eigenvalue weighted by molar-refractivity contribution is 0.184. The van der Waals surface area contributed by atoms with Gasteiger partial charge in [-0.05, 0) is 0 Å². The van der Waals surface area contributed by atoms with Crippen LogP contribution in [0.15, 0.2) is 30.3 Å². The summed E-state index contributed by atoms with van der Waals surface area (Å²) in [7, 11) is 1.67. The lowest BCUT2D eigenvalue weighted by Gasteiger charge is -1.98. The maximum Gasteiger partial charge on any atom is 0.119 e. The molecule has 0 aliphatic carbocycles. The van der Waals surface area contributed by atoms with Gasteiger partial charge >= 0.3 is 0 Å². The van der Waals surface area contributed by atoms with Gasteiger partial charge in [0.05, 0.1) is 12.3 Å². The molecular formula is C12H14N2OS. The second-order valence-corrected chi connectivity index (χ2v) is 4.55. The molecule has 0 atom stereocenters. The van der Waals surface area contributed by atoms with Gasteiger partial charge in [0.1, 0.15) is 5.01 Å². The first-order chi connectivity index (χ1) is 7.85. The molecule has 0 fully saturated rings. The van der Waals surface area contributed by atoms with E-state index in [9.17, 15) is 0 Å². The summed E-state index contributed by atoms with van der Waals surface area (Å²) in [5, 5.41) is 0.974. The molecule has 0 aliphatic rings. The SMILES string of the molecule is COCc1nc(-c2ccccc2)c(CN)s1. The summed E-state index contributed by atoms with van der Waals surface area (Å²) in [6.45, 7) is 1.07. The zero-order valence-electron chi connectivity index (χ0n) is 9.14. The minimum atomic E-state index is 0.519. The molecule has 1 aromatic heterocycles. The van der Waals surface area contributed by atoms with Crippen molar-refractivity contribution >= 4 is 11.3 Å². The normalized spacial score (nSPS) is 10.6. The van der Waals surface area contributed by atoms with Crippen molar-refractivity contribution in [1.82, 2.24) is 4.98 Å². The van der Waals surface area contributed by atoms with Crippen LogP contribution >= 0.6 is 11.3 Å². The zero-order chi connectivity index (χ0) is 11.4. The molecule has 0 amide bonds. The first-order valence-electron chi connectivity index (χ1n) is 5.08. The lowest BCUT2D eigenvalue weighted by atomic mass is 10.1. The fraction of sp³-hybridized carbons (Fsp3) is 0.250. The number of nitrogens with two attached hydrogens (primary N) is 1. The number of thiazole rings is 1. The predicted octanol–water partition coefficient (Wildman–Crippen LogP) is 2.42. The molecule has 0 saturated heterocycles. The molecule has 16 heavy (non-hydrogen) atoms. The quantitative estimate of drug-likeness (QED) is 0.883. The summed E-state index contributed by atoms with van der Waals surface area (Å²) >= 11 is 1.62. The summed E-state index contributed by atoms with van der Waals surface area (Å²) < 4.78 is 5.08. The molecule has 1 heterocycles. The van der Waals surface area contributed by atoms with E-state index in [0.717, 1.165) is 21.1 Å². The number of hydrogen-bond acceptors (Lipinski definition) is 4. The Morgan fingerprint density at radius 3 is 2.69 bits per heavy atom. The van der Waals surface area contributed by atoms with Crippen LogP contribution in [0.5, 0.6) is 0 Å². The summed E-state index contributed by atoms with van der Waals surface area (Å²) in [6.07, 6.45) is 0. The van der Waals surface area contributed by atoms with E-state index >= 15 is 0 Å². The molecule has 0 bridgehead atoms. The summed E-state index contributed by atoms with van der Waals surface area (Å²) in [4.78, 5) is 5.66. The van der Waals surface area contributed by atoms with Crippen LogP contribution in [0.2, 0.25) is 0 Å². The van der Waals surface area contributed by atoms with Gasteiger partial charge in [0.25, 0.3) is 0 Å². The average Bonchev–Trinajstić information content (AvgIpc) is 2.74. The maximum atomic E-state index is 5.73. The van der Waals surface area contributed by atoms with Gasteiger partial charge in [-0.2, -0.15) is 0 Å². The van der Waals surface area contributed by atoms with Crippen LogP contribution in [0.1, 0.15) is 9.88 Å². The number of nitrogens with zero attached hydrogens (tertiary/aromatic N) is 1. The Hall–Kier alpha value is -1.23. The molecule has 3 nitrogen and oxygen atoms in total. The van der Waals surface area contributed by atoms with E-state index in [0.29, 0.717) is 13.2 Å². The first kappa shape index (κ1) is 11.3. The Labute approximate surface area is 98.9 Å². The first-order valence-corrected chi connectivity index (χ1v) is 5.89. The number of ether oxygens (including phenoxy) is 1. The van der Waals surface area contributed by atoms with Gasteiger partial charge in [-0.3, -0.25) is 0 Å². The molecule has 0 aliphatic heterocycles. The molecule has 84 valence electrons. The maximum absolute atomic E-state index is 5.73. The van der Waals surface area contributed by atoms with Crippen LogP contribution in [0.25, 0.3) is 11.3 Å². The molecule has 4 heteroatoms. The Balaban J connectivity index is 2.39. The molecule has 2 aromatic rings. The average molecular weight is 234 g/mol. The van der Waals surface area contributed by atoms with Gasteiger partial charge in [0.15, 0.2) is 0 Å². The Morgan fingerprint density at radius 1 is 1.31 bits per heavy atom. The number of aromatic nitrogens is 1. The van der Waals surface area contributed by atoms with Crippen LogP contribution in [0, 0.1) is 0 Å². The molecular weight excluding hydrogens is 220 g/mol. The van der Waals surface area contributed by atoms with Gasteiger partial charge in [0, 0.05) is 24.1 Å². The standard InChI is InChI=1S/C12H14N2OS/c1-15-8-11-14-12(10(7-13)16-11)9-5-3-2-4-6-9/h2-6H,7-8,13H2,1H3. The van der Waals surface area contributed by atoms with Gasteiger partial charge in [0.2, 0.25) is 0 Å². The van der Waals surface area contributed by atoms with E-state index in [2.05, 4.69) is 4.98 Å². The minimum absolute atomic E-state index is 0.519. The third-order valence-electron chi connectivity index (χ3n) is 2.24. The number of methoxy groups -OCH3 is 1. The van der Waals surface area contributed by atoms with Crippen molar-refractivity contribution in [3.05, 3.63) is 40.2 Å². The largest absolute Gasteiger partial charge is 0.378 e. The zero-order valence-corrected chi connectivity index (χ0v) is 9.96. The Morgan fingerprint density at radius 2 is 2.06 bits per heavy atom. The van der Waals surface area contributed by atoms with E-state index in [4.69, 9.17) is 10.5 Å². The predicted molar refractivity (Wildman–Crippen MR) is 66.2 cm³/mol. The van der Waals surface area contributed by atoms with Crippen molar-refractivity contribution in [2.24, 2.45) is 5.73 Å². The van der Waals surface area contributed by atoms with Crippen LogP contribution in [-0.2, 0) is 17.9 Å². The van der Waals surface area contributed by atoms with E-state index in [1.165, 1.54) is 0 Å². The minimum Gasteiger partial charge on any atom is -0.378 e. The topological polar surface area (TPSA) is 48.1 Å². The smallest absolute Gasteiger partial charge is 0.119 e. The van der Waals surface area contributed by atoms with Crippen molar-refractivity contribution in [2.75, 3.05) is 7.11 Å². The molecule has 1 aromatic carbocycles. The Bertz CT molecular complexity index is 453. The summed E-state index contributed by atoms with van der Waals surface area (Å²) in [5.74, 6) is 0. The molecule has 0 unspecified atom stereocenters. The fourth-order valence-corrected chi connectivity index (χ4v) is 2.49. The van der Waals surface area contributed by atoms with E-state index in [-0.39, 0.29) is 0 Å². The monoisotopic (exact) mass is 234 g/mol. The van der Waals surface area contributed by atoms with Crippen LogP contribution in [-0.4, -0.2) is 12.1 Å². The highest BCUT2D eigenvalue weighted by atomic mass is 32.1. The second-order valence-electron chi connectivity index (χ2n) is 3.38. The number of rotatable bonds is 4.